The molecule has 3 heterocycles. The zero-order valence-electron chi connectivity index (χ0n) is 17.2. The number of nitrogens with two attached hydrogens (primary N) is 1. The lowest BCUT2D eigenvalue weighted by molar-refractivity contribution is 0.187. The molecule has 3 aromatic rings. The van der Waals surface area contributed by atoms with Crippen LogP contribution in [0.5, 0.6) is 0 Å². The molecular weight excluding hydrogens is 356 g/mol. The second-order valence-corrected chi connectivity index (χ2v) is 8.70. The van der Waals surface area contributed by atoms with E-state index >= 15 is 0 Å². The maximum absolute atomic E-state index is 6.75. The predicted octanol–water partition coefficient (Wildman–Crippen LogP) is 4.60. The summed E-state index contributed by atoms with van der Waals surface area (Å²) in [6, 6.07) is 15.2. The van der Waals surface area contributed by atoms with E-state index in [1.54, 1.807) is 0 Å². The Morgan fingerprint density at radius 1 is 1.07 bits per heavy atom. The second kappa shape index (κ2) is 6.96. The van der Waals surface area contributed by atoms with Gasteiger partial charge >= 0.3 is 0 Å². The molecule has 5 rings (SSSR count). The van der Waals surface area contributed by atoms with E-state index in [4.69, 9.17) is 10.7 Å². The number of hydrogen-bond donors (Lipinski definition) is 1. The fourth-order valence-electron chi connectivity index (χ4n) is 5.32. The topological polar surface area (TPSA) is 55.0 Å². The van der Waals surface area contributed by atoms with Crippen LogP contribution in [0.25, 0.3) is 11.1 Å². The fourth-order valence-corrected chi connectivity index (χ4v) is 5.32. The smallest absolute Gasteiger partial charge is 0.132 e. The van der Waals surface area contributed by atoms with Crippen molar-refractivity contribution in [3.8, 4) is 11.1 Å². The Balaban J connectivity index is 1.42. The first-order chi connectivity index (χ1) is 14.1. The highest BCUT2D eigenvalue weighted by atomic mass is 15.2. The number of pyridine rings is 2. The Hall–Kier alpha value is -2.72. The number of rotatable bonds is 2. The van der Waals surface area contributed by atoms with Gasteiger partial charge in [0, 0.05) is 42.8 Å². The van der Waals surface area contributed by atoms with E-state index in [9.17, 15) is 0 Å². The van der Waals surface area contributed by atoms with Crippen molar-refractivity contribution in [1.29, 1.82) is 0 Å². The lowest BCUT2D eigenvalue weighted by Crippen LogP contribution is -2.44. The minimum Gasteiger partial charge on any atom is -0.356 e. The van der Waals surface area contributed by atoms with Crippen LogP contribution in [0.1, 0.15) is 41.3 Å². The zero-order valence-corrected chi connectivity index (χ0v) is 17.2. The molecule has 1 aliphatic carbocycles. The highest BCUT2D eigenvalue weighted by Crippen LogP contribution is 2.51. The van der Waals surface area contributed by atoms with Gasteiger partial charge in [-0.3, -0.25) is 4.98 Å². The van der Waals surface area contributed by atoms with Crippen LogP contribution < -0.4 is 10.6 Å². The number of aryl methyl sites for hydroxylation is 1. The van der Waals surface area contributed by atoms with Crippen LogP contribution in [0.2, 0.25) is 0 Å². The monoisotopic (exact) mass is 384 g/mol. The fraction of sp³-hybridized carbons (Fsp3) is 0.360. The highest BCUT2D eigenvalue weighted by Gasteiger charge is 2.46. The van der Waals surface area contributed by atoms with Crippen molar-refractivity contribution < 1.29 is 0 Å². The molecule has 1 unspecified atom stereocenters. The molecule has 2 aromatic heterocycles. The van der Waals surface area contributed by atoms with Crippen LogP contribution in [0.3, 0.4) is 0 Å². The van der Waals surface area contributed by atoms with Crippen LogP contribution in [0, 0.1) is 19.3 Å². The molecule has 1 aliphatic heterocycles. The normalized spacial score (nSPS) is 20.1. The van der Waals surface area contributed by atoms with E-state index in [2.05, 4.69) is 60.1 Å². The first kappa shape index (κ1) is 18.3. The number of benzene rings is 1. The van der Waals surface area contributed by atoms with Crippen LogP contribution in [-0.2, 0) is 6.42 Å². The van der Waals surface area contributed by atoms with E-state index in [-0.39, 0.29) is 11.5 Å². The molecule has 0 bridgehead atoms. The second-order valence-electron chi connectivity index (χ2n) is 8.70. The van der Waals surface area contributed by atoms with Gasteiger partial charge in [-0.1, -0.05) is 30.3 Å². The molecule has 0 amide bonds. The van der Waals surface area contributed by atoms with Crippen molar-refractivity contribution >= 4 is 5.82 Å². The molecule has 1 fully saturated rings. The van der Waals surface area contributed by atoms with Crippen molar-refractivity contribution in [2.75, 3.05) is 18.0 Å². The summed E-state index contributed by atoms with van der Waals surface area (Å²) in [5, 5.41) is 0. The minimum atomic E-state index is 0.151. The maximum Gasteiger partial charge on any atom is 0.132 e. The lowest BCUT2D eigenvalue weighted by Gasteiger charge is -2.43. The van der Waals surface area contributed by atoms with Gasteiger partial charge in [0.25, 0.3) is 0 Å². The molecule has 0 radical (unpaired) electrons. The average molecular weight is 385 g/mol. The summed E-state index contributed by atoms with van der Waals surface area (Å²) in [5.74, 6) is 1.11. The van der Waals surface area contributed by atoms with Crippen LogP contribution in [-0.4, -0.2) is 23.1 Å². The maximum atomic E-state index is 6.75. The van der Waals surface area contributed by atoms with Crippen molar-refractivity contribution in [2.45, 2.75) is 39.2 Å². The molecule has 148 valence electrons. The summed E-state index contributed by atoms with van der Waals surface area (Å²) in [7, 11) is 0. The molecule has 2 aliphatic rings. The SMILES string of the molecule is Cc1cc(-c2cccnc2)c(C)c(N2CCC3(CC2)Cc2ccccc2C3N)n1. The van der Waals surface area contributed by atoms with Gasteiger partial charge in [-0.25, -0.2) is 4.98 Å². The number of hydrogen-bond acceptors (Lipinski definition) is 4. The van der Waals surface area contributed by atoms with Gasteiger partial charge in [0.05, 0.1) is 0 Å². The lowest BCUT2D eigenvalue weighted by atomic mass is 9.73. The molecule has 29 heavy (non-hydrogen) atoms. The Morgan fingerprint density at radius 2 is 1.86 bits per heavy atom. The van der Waals surface area contributed by atoms with Gasteiger partial charge < -0.3 is 10.6 Å². The quantitative estimate of drug-likeness (QED) is 0.701. The Morgan fingerprint density at radius 3 is 2.59 bits per heavy atom. The minimum absolute atomic E-state index is 0.151. The van der Waals surface area contributed by atoms with E-state index < -0.39 is 0 Å². The van der Waals surface area contributed by atoms with E-state index in [0.717, 1.165) is 49.4 Å². The van der Waals surface area contributed by atoms with Gasteiger partial charge in [-0.05, 0) is 72.9 Å². The molecular formula is C25H28N4. The Bertz CT molecular complexity index is 1040. The van der Waals surface area contributed by atoms with Gasteiger partial charge in [-0.15, -0.1) is 0 Å². The number of aromatic nitrogens is 2. The molecule has 1 atom stereocenters. The average Bonchev–Trinajstić information content (AvgIpc) is 3.02. The Labute approximate surface area is 172 Å². The van der Waals surface area contributed by atoms with Crippen molar-refractivity contribution in [3.05, 3.63) is 77.2 Å². The number of anilines is 1. The first-order valence-electron chi connectivity index (χ1n) is 10.5. The number of nitrogens with zero attached hydrogens (tertiary/aromatic N) is 3. The molecule has 0 saturated carbocycles. The summed E-state index contributed by atoms with van der Waals surface area (Å²) in [5.41, 5.74) is 14.4. The summed E-state index contributed by atoms with van der Waals surface area (Å²) in [6.07, 6.45) is 7.09. The van der Waals surface area contributed by atoms with Crippen molar-refractivity contribution in [2.24, 2.45) is 11.1 Å². The Kier molecular flexibility index (Phi) is 4.39. The van der Waals surface area contributed by atoms with Gasteiger partial charge in [0.1, 0.15) is 5.82 Å². The molecule has 1 spiro atoms. The summed E-state index contributed by atoms with van der Waals surface area (Å²) in [4.78, 5) is 11.7. The van der Waals surface area contributed by atoms with E-state index in [1.807, 2.05) is 18.5 Å². The number of piperidine rings is 1. The third kappa shape index (κ3) is 3.03. The van der Waals surface area contributed by atoms with E-state index in [1.165, 1.54) is 22.3 Å². The third-order valence-corrected chi connectivity index (χ3v) is 7.00. The molecule has 1 saturated heterocycles. The van der Waals surface area contributed by atoms with E-state index in [0.29, 0.717) is 0 Å². The van der Waals surface area contributed by atoms with Crippen molar-refractivity contribution in [1.82, 2.24) is 9.97 Å². The molecule has 2 N–H and O–H groups in total. The summed E-state index contributed by atoms with van der Waals surface area (Å²) < 4.78 is 0. The number of fused-ring (bicyclic) bond motifs is 1. The molecule has 1 aromatic carbocycles. The third-order valence-electron chi connectivity index (χ3n) is 7.00. The van der Waals surface area contributed by atoms with Gasteiger partial charge in [-0.2, -0.15) is 0 Å². The molecule has 4 heteroatoms. The molecule has 4 nitrogen and oxygen atoms in total. The van der Waals surface area contributed by atoms with Crippen LogP contribution >= 0.6 is 0 Å². The largest absolute Gasteiger partial charge is 0.356 e. The summed E-state index contributed by atoms with van der Waals surface area (Å²) in [6.45, 7) is 6.28. The van der Waals surface area contributed by atoms with Crippen LogP contribution in [0.4, 0.5) is 5.82 Å². The zero-order chi connectivity index (χ0) is 20.0. The standard InChI is InChI=1S/C25H28N4/c1-17-14-22(20-7-5-11-27-16-20)18(2)24(28-17)29-12-9-25(10-13-29)15-19-6-3-4-8-21(19)23(25)26/h3-8,11,14,16,23H,9-10,12-13,15,26H2,1-2H3. The highest BCUT2D eigenvalue weighted by molar-refractivity contribution is 5.72. The first-order valence-corrected chi connectivity index (χ1v) is 10.5. The van der Waals surface area contributed by atoms with Gasteiger partial charge in [0.15, 0.2) is 0 Å². The van der Waals surface area contributed by atoms with Gasteiger partial charge in [0.2, 0.25) is 0 Å². The van der Waals surface area contributed by atoms with Crippen LogP contribution in [0.15, 0.2) is 54.9 Å². The van der Waals surface area contributed by atoms with Crippen molar-refractivity contribution in [3.63, 3.8) is 0 Å². The predicted molar refractivity (Wildman–Crippen MR) is 118 cm³/mol. The summed E-state index contributed by atoms with van der Waals surface area (Å²) >= 11 is 0.